The maximum Gasteiger partial charge on any atom is 0.328 e. The van der Waals surface area contributed by atoms with Gasteiger partial charge < -0.3 is 20.5 Å². The molecule has 1 rings (SSSR count). The zero-order valence-corrected chi connectivity index (χ0v) is 12.1. The molecule has 0 aromatic carbocycles. The van der Waals surface area contributed by atoms with Crippen LogP contribution in [-0.4, -0.2) is 44.3 Å². The van der Waals surface area contributed by atoms with Crippen LogP contribution in [0.4, 0.5) is 0 Å². The van der Waals surface area contributed by atoms with Crippen LogP contribution >= 0.6 is 0 Å². The number of rotatable bonds is 5. The molecule has 1 amide bonds. The Bertz CT molecular complexity index is 346. The Labute approximate surface area is 114 Å². The summed E-state index contributed by atoms with van der Waals surface area (Å²) in [5.74, 6) is -0.419. The molecule has 3 N–H and O–H groups in total. The average molecular weight is 272 g/mol. The predicted octanol–water partition coefficient (Wildman–Crippen LogP) is 0.0541. The van der Waals surface area contributed by atoms with Crippen LogP contribution in [0.5, 0.6) is 0 Å². The third kappa shape index (κ3) is 3.67. The molecule has 1 saturated heterocycles. The van der Waals surface area contributed by atoms with E-state index >= 15 is 0 Å². The number of nitrogens with one attached hydrogen (secondary N) is 1. The molecule has 1 aliphatic heterocycles. The molecule has 6 nitrogen and oxygen atoms in total. The summed E-state index contributed by atoms with van der Waals surface area (Å²) in [7, 11) is 1.31. The van der Waals surface area contributed by atoms with Crippen LogP contribution in [0.3, 0.4) is 0 Å². The monoisotopic (exact) mass is 272 g/mol. The molecule has 1 aliphatic rings. The molecule has 0 radical (unpaired) electrons. The van der Waals surface area contributed by atoms with Gasteiger partial charge in [-0.2, -0.15) is 0 Å². The standard InChI is InChI=1S/C13H24N2O4/c1-8(2)5-9(11(16)18-4)15-12(17)13(3)7-19-6-10(13)14/h8-10H,5-7,14H2,1-4H3,(H,15,17). The molecule has 0 spiro atoms. The van der Waals surface area contributed by atoms with Crippen molar-refractivity contribution in [2.75, 3.05) is 20.3 Å². The lowest BCUT2D eigenvalue weighted by molar-refractivity contribution is -0.147. The average Bonchev–Trinajstić information content (AvgIpc) is 2.68. The van der Waals surface area contributed by atoms with Gasteiger partial charge in [0.25, 0.3) is 0 Å². The van der Waals surface area contributed by atoms with Crippen molar-refractivity contribution >= 4 is 11.9 Å². The summed E-state index contributed by atoms with van der Waals surface area (Å²) < 4.78 is 9.96. The van der Waals surface area contributed by atoms with Crippen molar-refractivity contribution in [2.24, 2.45) is 17.1 Å². The van der Waals surface area contributed by atoms with Crippen molar-refractivity contribution in [1.82, 2.24) is 5.32 Å². The molecule has 3 unspecified atom stereocenters. The highest BCUT2D eigenvalue weighted by molar-refractivity contribution is 5.88. The molecule has 0 saturated carbocycles. The number of amides is 1. The third-order valence-corrected chi connectivity index (χ3v) is 3.53. The van der Waals surface area contributed by atoms with Gasteiger partial charge in [-0.1, -0.05) is 13.8 Å². The van der Waals surface area contributed by atoms with E-state index in [-0.39, 0.29) is 24.5 Å². The molecule has 0 aromatic heterocycles. The van der Waals surface area contributed by atoms with Crippen LogP contribution in [0.2, 0.25) is 0 Å². The number of esters is 1. The van der Waals surface area contributed by atoms with E-state index in [1.54, 1.807) is 6.92 Å². The number of ether oxygens (including phenoxy) is 2. The molecule has 3 atom stereocenters. The smallest absolute Gasteiger partial charge is 0.328 e. The van der Waals surface area contributed by atoms with Crippen LogP contribution in [0.15, 0.2) is 0 Å². The highest BCUT2D eigenvalue weighted by atomic mass is 16.5. The highest BCUT2D eigenvalue weighted by Gasteiger charge is 2.45. The number of carbonyl (C=O) groups is 2. The van der Waals surface area contributed by atoms with Crippen molar-refractivity contribution in [1.29, 1.82) is 0 Å². The van der Waals surface area contributed by atoms with E-state index in [1.807, 2.05) is 13.8 Å². The van der Waals surface area contributed by atoms with Crippen molar-refractivity contribution in [3.05, 3.63) is 0 Å². The van der Waals surface area contributed by atoms with E-state index in [0.29, 0.717) is 13.0 Å². The Morgan fingerprint density at radius 2 is 2.16 bits per heavy atom. The fraction of sp³-hybridized carbons (Fsp3) is 0.846. The van der Waals surface area contributed by atoms with Gasteiger partial charge in [-0.25, -0.2) is 4.79 Å². The van der Waals surface area contributed by atoms with Crippen molar-refractivity contribution in [3.63, 3.8) is 0 Å². The number of hydrogen-bond donors (Lipinski definition) is 2. The number of carbonyl (C=O) groups excluding carboxylic acids is 2. The number of nitrogens with two attached hydrogens (primary N) is 1. The minimum absolute atomic E-state index is 0.256. The first-order valence-electron chi connectivity index (χ1n) is 6.53. The molecular weight excluding hydrogens is 248 g/mol. The minimum Gasteiger partial charge on any atom is -0.467 e. The van der Waals surface area contributed by atoms with Gasteiger partial charge in [-0.15, -0.1) is 0 Å². The highest BCUT2D eigenvalue weighted by Crippen LogP contribution is 2.27. The summed E-state index contributed by atoms with van der Waals surface area (Å²) in [6, 6.07) is -0.994. The predicted molar refractivity (Wildman–Crippen MR) is 70.3 cm³/mol. The maximum absolute atomic E-state index is 12.3. The molecule has 1 fully saturated rings. The molecule has 1 heterocycles. The van der Waals surface area contributed by atoms with E-state index in [4.69, 9.17) is 15.2 Å². The second kappa shape index (κ2) is 6.34. The van der Waals surface area contributed by atoms with E-state index in [1.165, 1.54) is 7.11 Å². The Hall–Kier alpha value is -1.14. The quantitative estimate of drug-likeness (QED) is 0.690. The summed E-state index contributed by atoms with van der Waals surface area (Å²) in [5, 5.41) is 2.74. The maximum atomic E-state index is 12.3. The first-order chi connectivity index (χ1) is 8.81. The lowest BCUT2D eigenvalue weighted by atomic mass is 9.84. The number of hydrogen-bond acceptors (Lipinski definition) is 5. The number of methoxy groups -OCH3 is 1. The van der Waals surface area contributed by atoms with Gasteiger partial charge >= 0.3 is 5.97 Å². The molecule has 110 valence electrons. The van der Waals surface area contributed by atoms with Gasteiger partial charge in [0.05, 0.1) is 25.7 Å². The summed E-state index contributed by atoms with van der Waals surface area (Å²) in [6.45, 7) is 6.35. The molecule has 0 aromatic rings. The second-order valence-corrected chi connectivity index (χ2v) is 5.72. The van der Waals surface area contributed by atoms with Gasteiger partial charge in [0.15, 0.2) is 0 Å². The molecular formula is C13H24N2O4. The van der Waals surface area contributed by atoms with Crippen LogP contribution < -0.4 is 11.1 Å². The lowest BCUT2D eigenvalue weighted by Gasteiger charge is -2.28. The Morgan fingerprint density at radius 1 is 1.53 bits per heavy atom. The van der Waals surface area contributed by atoms with Gasteiger partial charge in [0.2, 0.25) is 5.91 Å². The van der Waals surface area contributed by atoms with Gasteiger partial charge in [-0.05, 0) is 19.3 Å². The van der Waals surface area contributed by atoms with Gasteiger partial charge in [-0.3, -0.25) is 4.79 Å². The Morgan fingerprint density at radius 3 is 2.58 bits per heavy atom. The topological polar surface area (TPSA) is 90.6 Å². The Kier molecular flexibility index (Phi) is 5.31. The fourth-order valence-corrected chi connectivity index (χ4v) is 2.07. The Balaban J connectivity index is 2.73. The lowest BCUT2D eigenvalue weighted by Crippen LogP contribution is -2.54. The summed E-state index contributed by atoms with van der Waals surface area (Å²) in [4.78, 5) is 24.0. The van der Waals surface area contributed by atoms with Crippen LogP contribution in [0.25, 0.3) is 0 Å². The van der Waals surface area contributed by atoms with Crippen LogP contribution in [0, 0.1) is 11.3 Å². The normalized spacial score (nSPS) is 28.2. The minimum atomic E-state index is -0.788. The summed E-state index contributed by atoms with van der Waals surface area (Å²) >= 11 is 0. The van der Waals surface area contributed by atoms with Crippen LogP contribution in [0.1, 0.15) is 27.2 Å². The van der Waals surface area contributed by atoms with Gasteiger partial charge in [0.1, 0.15) is 6.04 Å². The zero-order chi connectivity index (χ0) is 14.6. The molecule has 0 bridgehead atoms. The van der Waals surface area contributed by atoms with Gasteiger partial charge in [0, 0.05) is 6.04 Å². The van der Waals surface area contributed by atoms with E-state index in [2.05, 4.69) is 5.32 Å². The fourth-order valence-electron chi connectivity index (χ4n) is 2.07. The van der Waals surface area contributed by atoms with Crippen LogP contribution in [-0.2, 0) is 19.1 Å². The van der Waals surface area contributed by atoms with E-state index in [9.17, 15) is 9.59 Å². The third-order valence-electron chi connectivity index (χ3n) is 3.53. The molecule has 0 aliphatic carbocycles. The molecule has 19 heavy (non-hydrogen) atoms. The largest absolute Gasteiger partial charge is 0.467 e. The first kappa shape index (κ1) is 15.9. The van der Waals surface area contributed by atoms with Crippen molar-refractivity contribution < 1.29 is 19.1 Å². The molecule has 6 heteroatoms. The van der Waals surface area contributed by atoms with Crippen molar-refractivity contribution in [2.45, 2.75) is 39.3 Å². The zero-order valence-electron chi connectivity index (χ0n) is 12.1. The second-order valence-electron chi connectivity index (χ2n) is 5.72. The SMILES string of the molecule is COC(=O)C(CC(C)C)NC(=O)C1(C)COCC1N. The van der Waals surface area contributed by atoms with E-state index < -0.39 is 17.4 Å². The summed E-state index contributed by atoms with van der Waals surface area (Å²) in [6.07, 6.45) is 0.532. The van der Waals surface area contributed by atoms with Crippen molar-refractivity contribution in [3.8, 4) is 0 Å². The summed E-state index contributed by atoms with van der Waals surface area (Å²) in [5.41, 5.74) is 5.11. The first-order valence-corrected chi connectivity index (χ1v) is 6.53. The van der Waals surface area contributed by atoms with E-state index in [0.717, 1.165) is 0 Å².